The molecule has 3 aliphatic rings. The van der Waals surface area contributed by atoms with Gasteiger partial charge in [0.15, 0.2) is 5.17 Å². The predicted molar refractivity (Wildman–Crippen MR) is 117 cm³/mol. The van der Waals surface area contributed by atoms with Gasteiger partial charge in [0, 0.05) is 24.9 Å². The zero-order valence-electron chi connectivity index (χ0n) is 16.7. The van der Waals surface area contributed by atoms with Gasteiger partial charge in [0.1, 0.15) is 11.9 Å². The fourth-order valence-electron chi connectivity index (χ4n) is 3.69. The highest BCUT2D eigenvalue weighted by Gasteiger charge is 2.34. The minimum atomic E-state index is -0.445. The molecule has 5 N–H and O–H groups in total. The number of aliphatic imine (C=N–C) groups is 3. The van der Waals surface area contributed by atoms with Gasteiger partial charge in [0.25, 0.3) is 0 Å². The van der Waals surface area contributed by atoms with Gasteiger partial charge in [-0.2, -0.15) is 0 Å². The number of carbonyl (C=O) groups excluding carboxylic acids is 1. The second kappa shape index (κ2) is 9.56. The Bertz CT molecular complexity index is 702. The largest absolute Gasteiger partial charge is 0.379 e. The molecule has 3 rings (SSSR count). The van der Waals surface area contributed by atoms with E-state index in [0.29, 0.717) is 11.7 Å². The van der Waals surface area contributed by atoms with Crippen molar-refractivity contribution in [2.24, 2.45) is 20.7 Å². The highest BCUT2D eigenvalue weighted by molar-refractivity contribution is 8.13. The number of amidine groups is 2. The SMILES string of the molecule is CNCCNC1=NCC(C(=O)NC2CCC=C(C3(C)CCSC(N)=N3)C2)N=C1. The van der Waals surface area contributed by atoms with E-state index in [-0.39, 0.29) is 17.5 Å². The van der Waals surface area contributed by atoms with Crippen LogP contribution in [0.25, 0.3) is 0 Å². The van der Waals surface area contributed by atoms with Crippen LogP contribution < -0.4 is 21.7 Å². The van der Waals surface area contributed by atoms with Crippen LogP contribution in [0.3, 0.4) is 0 Å². The summed E-state index contributed by atoms with van der Waals surface area (Å²) in [7, 11) is 1.90. The van der Waals surface area contributed by atoms with E-state index in [0.717, 1.165) is 50.4 Å². The summed E-state index contributed by atoms with van der Waals surface area (Å²) in [4.78, 5) is 26.2. The fourth-order valence-corrected chi connectivity index (χ4v) is 4.66. The van der Waals surface area contributed by atoms with Gasteiger partial charge >= 0.3 is 0 Å². The van der Waals surface area contributed by atoms with E-state index in [2.05, 4.69) is 38.9 Å². The number of nitrogens with one attached hydrogen (secondary N) is 3. The van der Waals surface area contributed by atoms with E-state index >= 15 is 0 Å². The lowest BCUT2D eigenvalue weighted by Gasteiger charge is -2.36. The second-order valence-electron chi connectivity index (χ2n) is 7.59. The maximum atomic E-state index is 12.7. The average Bonchev–Trinajstić information content (AvgIpc) is 2.69. The molecule has 0 spiro atoms. The number of allylic oxidation sites excluding steroid dienone is 1. The Kier molecular flexibility index (Phi) is 7.12. The molecule has 1 aliphatic carbocycles. The number of likely N-dealkylation sites (N-methyl/N-ethyl adjacent to an activating group) is 1. The zero-order valence-corrected chi connectivity index (χ0v) is 17.5. The summed E-state index contributed by atoms with van der Waals surface area (Å²) in [5.74, 6) is 1.67. The number of amides is 1. The second-order valence-corrected chi connectivity index (χ2v) is 8.70. The average molecular weight is 406 g/mol. The van der Waals surface area contributed by atoms with Crippen molar-refractivity contribution in [1.29, 1.82) is 0 Å². The lowest BCUT2D eigenvalue weighted by Crippen LogP contribution is -2.46. The molecule has 0 fully saturated rings. The van der Waals surface area contributed by atoms with Gasteiger partial charge < -0.3 is 21.7 Å². The van der Waals surface area contributed by atoms with E-state index in [1.165, 1.54) is 5.57 Å². The summed E-state index contributed by atoms with van der Waals surface area (Å²) >= 11 is 1.61. The molecule has 3 unspecified atom stereocenters. The third kappa shape index (κ3) is 5.35. The Morgan fingerprint density at radius 2 is 2.29 bits per heavy atom. The molecule has 0 aromatic rings. The molecule has 154 valence electrons. The quantitative estimate of drug-likeness (QED) is 0.378. The van der Waals surface area contributed by atoms with E-state index in [1.54, 1.807) is 18.0 Å². The molecule has 0 aromatic carbocycles. The highest BCUT2D eigenvalue weighted by atomic mass is 32.2. The molecular formula is C19H31N7OS. The van der Waals surface area contributed by atoms with Crippen LogP contribution in [0.15, 0.2) is 26.6 Å². The van der Waals surface area contributed by atoms with Crippen molar-refractivity contribution in [2.45, 2.75) is 50.2 Å². The molecule has 2 heterocycles. The summed E-state index contributed by atoms with van der Waals surface area (Å²) in [5, 5.41) is 10.1. The summed E-state index contributed by atoms with van der Waals surface area (Å²) in [6.45, 7) is 4.16. The number of thioether (sulfide) groups is 1. The van der Waals surface area contributed by atoms with E-state index in [9.17, 15) is 4.79 Å². The van der Waals surface area contributed by atoms with Crippen LogP contribution in [0.5, 0.6) is 0 Å². The van der Waals surface area contributed by atoms with Crippen LogP contribution >= 0.6 is 11.8 Å². The number of rotatable bonds is 6. The molecular weight excluding hydrogens is 374 g/mol. The Morgan fingerprint density at radius 3 is 3.00 bits per heavy atom. The van der Waals surface area contributed by atoms with Gasteiger partial charge in [-0.05, 0) is 45.2 Å². The topological polar surface area (TPSA) is 116 Å². The first-order chi connectivity index (χ1) is 13.5. The third-order valence-corrected chi connectivity index (χ3v) is 6.20. The first-order valence-corrected chi connectivity index (χ1v) is 10.9. The molecule has 9 heteroatoms. The molecule has 28 heavy (non-hydrogen) atoms. The Hall–Kier alpha value is -1.87. The maximum Gasteiger partial charge on any atom is 0.246 e. The Labute approximate surface area is 171 Å². The molecule has 1 amide bonds. The van der Waals surface area contributed by atoms with Gasteiger partial charge in [-0.1, -0.05) is 17.8 Å². The van der Waals surface area contributed by atoms with Crippen LogP contribution in [0.1, 0.15) is 32.6 Å². The van der Waals surface area contributed by atoms with Gasteiger partial charge in [-0.25, -0.2) is 0 Å². The summed E-state index contributed by atoms with van der Waals surface area (Å²) in [6, 6.07) is -0.329. The van der Waals surface area contributed by atoms with Gasteiger partial charge in [-0.15, -0.1) is 0 Å². The maximum absolute atomic E-state index is 12.7. The molecule has 2 aliphatic heterocycles. The monoisotopic (exact) mass is 405 g/mol. The molecule has 0 bridgehead atoms. The van der Waals surface area contributed by atoms with Gasteiger partial charge in [-0.3, -0.25) is 19.8 Å². The summed E-state index contributed by atoms with van der Waals surface area (Å²) < 4.78 is 0. The molecule has 0 saturated carbocycles. The number of nitrogens with two attached hydrogens (primary N) is 1. The lowest BCUT2D eigenvalue weighted by molar-refractivity contribution is -0.122. The summed E-state index contributed by atoms with van der Waals surface area (Å²) in [5.41, 5.74) is 7.01. The van der Waals surface area contributed by atoms with Crippen molar-refractivity contribution in [1.82, 2.24) is 16.0 Å². The Morgan fingerprint density at radius 1 is 1.43 bits per heavy atom. The lowest BCUT2D eigenvalue weighted by atomic mass is 9.80. The normalized spacial score (nSPS) is 30.1. The zero-order chi connectivity index (χ0) is 20.0. The van der Waals surface area contributed by atoms with Crippen LogP contribution in [0.4, 0.5) is 0 Å². The van der Waals surface area contributed by atoms with Crippen molar-refractivity contribution in [3.63, 3.8) is 0 Å². The van der Waals surface area contributed by atoms with E-state index in [4.69, 9.17) is 10.7 Å². The standard InChI is InChI=1S/C19H31N7OS/c1-19(6-9-28-18(20)26-19)13-4-3-5-14(10-13)25-17(27)15-11-24-16(12-23-15)22-8-7-21-2/h4,12,14-15,21H,3,5-11H2,1-2H3,(H2,20,26)(H,22,24)(H,25,27). The van der Waals surface area contributed by atoms with Crippen LogP contribution in [-0.2, 0) is 4.79 Å². The van der Waals surface area contributed by atoms with Crippen molar-refractivity contribution in [3.8, 4) is 0 Å². The minimum Gasteiger partial charge on any atom is -0.379 e. The minimum absolute atomic E-state index is 0.0482. The first kappa shape index (κ1) is 20.9. The smallest absolute Gasteiger partial charge is 0.246 e. The molecule has 0 radical (unpaired) electrons. The third-order valence-electron chi connectivity index (χ3n) is 5.40. The van der Waals surface area contributed by atoms with E-state index in [1.807, 2.05) is 7.05 Å². The molecule has 8 nitrogen and oxygen atoms in total. The first-order valence-electron chi connectivity index (χ1n) is 9.94. The van der Waals surface area contributed by atoms with E-state index < -0.39 is 6.04 Å². The predicted octanol–water partition coefficient (Wildman–Crippen LogP) is 0.452. The van der Waals surface area contributed by atoms with Crippen molar-refractivity contribution in [3.05, 3.63) is 11.6 Å². The van der Waals surface area contributed by atoms with Crippen molar-refractivity contribution >= 4 is 34.9 Å². The summed E-state index contributed by atoms with van der Waals surface area (Å²) in [6.07, 6.45) is 7.63. The number of carbonyl (C=O) groups is 1. The Balaban J connectivity index is 1.51. The van der Waals surface area contributed by atoms with Crippen molar-refractivity contribution < 1.29 is 4.79 Å². The molecule has 0 saturated heterocycles. The fraction of sp³-hybridized carbons (Fsp3) is 0.684. The number of hydrogen-bond acceptors (Lipinski definition) is 8. The molecule has 0 aromatic heterocycles. The van der Waals surface area contributed by atoms with Gasteiger partial charge in [0.05, 0.1) is 18.3 Å². The van der Waals surface area contributed by atoms with Gasteiger partial charge in [0.2, 0.25) is 5.91 Å². The molecule has 3 atom stereocenters. The number of hydrogen-bond donors (Lipinski definition) is 4. The number of nitrogens with zero attached hydrogens (tertiary/aromatic N) is 3. The van der Waals surface area contributed by atoms with Crippen molar-refractivity contribution in [2.75, 3.05) is 32.4 Å². The van der Waals surface area contributed by atoms with Crippen LogP contribution in [0.2, 0.25) is 0 Å². The van der Waals surface area contributed by atoms with Crippen LogP contribution in [0, 0.1) is 0 Å². The van der Waals surface area contributed by atoms with Crippen LogP contribution in [-0.4, -0.2) is 73.2 Å². The highest BCUT2D eigenvalue weighted by Crippen LogP contribution is 2.37.